The second-order valence-corrected chi connectivity index (χ2v) is 7.28. The number of hydrogen-bond donors (Lipinski definition) is 1. The smallest absolute Gasteiger partial charge is 0.408 e. The molecule has 6 nitrogen and oxygen atoms in total. The lowest BCUT2D eigenvalue weighted by Gasteiger charge is -2.36. The van der Waals surface area contributed by atoms with Crippen molar-refractivity contribution in [3.63, 3.8) is 0 Å². The standard InChI is InChI=1S/C19H25NO5/c1-18(2,3)25-17(22)20-19(4)11-15(23-5)7-6-14(19)10-16(21)13-8-9-24-12-13/h6-9,12H,10-11H2,1-5H3,(H,20,22). The predicted octanol–water partition coefficient (Wildman–Crippen LogP) is 4.00. The van der Waals surface area contributed by atoms with Gasteiger partial charge in [-0.25, -0.2) is 4.79 Å². The molecule has 0 fully saturated rings. The Labute approximate surface area is 147 Å². The van der Waals surface area contributed by atoms with Crippen LogP contribution in [-0.4, -0.2) is 30.1 Å². The molecule has 2 rings (SSSR count). The van der Waals surface area contributed by atoms with Gasteiger partial charge in [-0.1, -0.05) is 6.08 Å². The van der Waals surface area contributed by atoms with Crippen LogP contribution in [0, 0.1) is 0 Å². The van der Waals surface area contributed by atoms with Crippen molar-refractivity contribution < 1.29 is 23.5 Å². The third-order valence-electron chi connectivity index (χ3n) is 3.94. The molecule has 1 amide bonds. The molecule has 136 valence electrons. The molecular weight excluding hydrogens is 322 g/mol. The Balaban J connectivity index is 2.20. The molecule has 0 aliphatic heterocycles. The summed E-state index contributed by atoms with van der Waals surface area (Å²) in [5.74, 6) is 0.643. The van der Waals surface area contributed by atoms with Crippen molar-refractivity contribution in [1.29, 1.82) is 0 Å². The van der Waals surface area contributed by atoms with Gasteiger partial charge in [0.15, 0.2) is 5.78 Å². The summed E-state index contributed by atoms with van der Waals surface area (Å²) in [6.45, 7) is 7.26. The van der Waals surface area contributed by atoms with Gasteiger partial charge in [0.25, 0.3) is 0 Å². The molecule has 0 bridgehead atoms. The summed E-state index contributed by atoms with van der Waals surface area (Å²) in [7, 11) is 1.58. The number of Topliss-reactive ketones (excluding diaryl/α,β-unsaturated/α-hetero) is 1. The van der Waals surface area contributed by atoms with Gasteiger partial charge in [0.2, 0.25) is 0 Å². The second-order valence-electron chi connectivity index (χ2n) is 7.28. The van der Waals surface area contributed by atoms with Crippen LogP contribution in [0.2, 0.25) is 0 Å². The number of allylic oxidation sites excluding steroid dienone is 2. The molecule has 25 heavy (non-hydrogen) atoms. The van der Waals surface area contributed by atoms with Crippen molar-refractivity contribution in [2.24, 2.45) is 0 Å². The lowest BCUT2D eigenvalue weighted by Crippen LogP contribution is -2.50. The molecule has 0 saturated carbocycles. The zero-order valence-electron chi connectivity index (χ0n) is 15.3. The van der Waals surface area contributed by atoms with Gasteiger partial charge in [-0.15, -0.1) is 0 Å². The number of carbonyl (C=O) groups is 2. The number of carbonyl (C=O) groups excluding carboxylic acids is 2. The van der Waals surface area contributed by atoms with E-state index >= 15 is 0 Å². The Morgan fingerprint density at radius 3 is 2.60 bits per heavy atom. The predicted molar refractivity (Wildman–Crippen MR) is 93.2 cm³/mol. The van der Waals surface area contributed by atoms with E-state index in [1.165, 1.54) is 12.5 Å². The fraction of sp³-hybridized carbons (Fsp3) is 0.474. The molecular formula is C19H25NO5. The first-order valence-electron chi connectivity index (χ1n) is 8.14. The number of nitrogens with one attached hydrogen (secondary N) is 1. The maximum Gasteiger partial charge on any atom is 0.408 e. The minimum atomic E-state index is -0.776. The Morgan fingerprint density at radius 1 is 1.32 bits per heavy atom. The molecule has 0 saturated heterocycles. The topological polar surface area (TPSA) is 77.8 Å². The molecule has 6 heteroatoms. The number of rotatable bonds is 5. The molecule has 0 spiro atoms. The quantitative estimate of drug-likeness (QED) is 0.815. The SMILES string of the molecule is COC1=CC=C(CC(=O)c2ccoc2)C(C)(NC(=O)OC(C)(C)C)C1. The van der Waals surface area contributed by atoms with Gasteiger partial charge >= 0.3 is 6.09 Å². The summed E-state index contributed by atoms with van der Waals surface area (Å²) in [5, 5.41) is 2.89. The van der Waals surface area contributed by atoms with E-state index in [0.717, 1.165) is 11.3 Å². The molecule has 1 aliphatic rings. The molecule has 0 aromatic carbocycles. The van der Waals surface area contributed by atoms with Crippen molar-refractivity contribution in [1.82, 2.24) is 5.32 Å². The number of ketones is 1. The number of amides is 1. The fourth-order valence-electron chi connectivity index (χ4n) is 2.64. The van der Waals surface area contributed by atoms with Gasteiger partial charge in [0, 0.05) is 12.8 Å². The average Bonchev–Trinajstić information content (AvgIpc) is 3.01. The summed E-state index contributed by atoms with van der Waals surface area (Å²) in [6.07, 6.45) is 6.58. The highest BCUT2D eigenvalue weighted by Crippen LogP contribution is 2.33. The van der Waals surface area contributed by atoms with Crippen LogP contribution in [0.1, 0.15) is 50.9 Å². The number of ether oxygens (including phenoxy) is 2. The zero-order valence-corrected chi connectivity index (χ0v) is 15.3. The van der Waals surface area contributed by atoms with Gasteiger partial charge in [-0.3, -0.25) is 4.79 Å². The summed E-state index contributed by atoms with van der Waals surface area (Å²) in [6, 6.07) is 1.63. The Bertz CT molecular complexity index is 694. The van der Waals surface area contributed by atoms with Crippen LogP contribution in [0.25, 0.3) is 0 Å². The van der Waals surface area contributed by atoms with E-state index in [-0.39, 0.29) is 12.2 Å². The first kappa shape index (κ1) is 18.8. The number of hydrogen-bond acceptors (Lipinski definition) is 5. The van der Waals surface area contributed by atoms with Crippen molar-refractivity contribution in [3.8, 4) is 0 Å². The third-order valence-corrected chi connectivity index (χ3v) is 3.94. The van der Waals surface area contributed by atoms with E-state index in [1.54, 1.807) is 33.9 Å². The molecule has 0 radical (unpaired) electrons. The molecule has 1 aliphatic carbocycles. The van der Waals surface area contributed by atoms with Crippen molar-refractivity contribution in [2.75, 3.05) is 7.11 Å². The van der Waals surface area contributed by atoms with Crippen molar-refractivity contribution in [2.45, 2.75) is 51.7 Å². The summed E-state index contributed by atoms with van der Waals surface area (Å²) in [4.78, 5) is 24.7. The van der Waals surface area contributed by atoms with Gasteiger partial charge in [-0.2, -0.15) is 0 Å². The number of furan rings is 1. The van der Waals surface area contributed by atoms with E-state index in [4.69, 9.17) is 13.9 Å². The van der Waals surface area contributed by atoms with Gasteiger partial charge in [0.05, 0.1) is 30.2 Å². The van der Waals surface area contributed by atoms with Gasteiger partial charge in [0.1, 0.15) is 11.9 Å². The Kier molecular flexibility index (Phi) is 5.40. The van der Waals surface area contributed by atoms with E-state index in [1.807, 2.05) is 19.1 Å². The van der Waals surface area contributed by atoms with Crippen LogP contribution in [0.4, 0.5) is 4.79 Å². The second kappa shape index (κ2) is 7.17. The Hall–Kier alpha value is -2.50. The average molecular weight is 347 g/mol. The largest absolute Gasteiger partial charge is 0.501 e. The highest BCUT2D eigenvalue weighted by Gasteiger charge is 2.36. The Morgan fingerprint density at radius 2 is 2.04 bits per heavy atom. The third kappa shape index (κ3) is 4.98. The number of methoxy groups -OCH3 is 1. The van der Waals surface area contributed by atoms with Crippen LogP contribution in [0.3, 0.4) is 0 Å². The maximum atomic E-state index is 12.4. The van der Waals surface area contributed by atoms with Crippen LogP contribution in [-0.2, 0) is 9.47 Å². The lowest BCUT2D eigenvalue weighted by molar-refractivity contribution is 0.0469. The monoisotopic (exact) mass is 347 g/mol. The van der Waals surface area contributed by atoms with Crippen LogP contribution < -0.4 is 5.32 Å². The maximum absolute atomic E-state index is 12.4. The van der Waals surface area contributed by atoms with E-state index < -0.39 is 17.2 Å². The normalized spacial score (nSPS) is 20.4. The first-order valence-corrected chi connectivity index (χ1v) is 8.14. The molecule has 1 N–H and O–H groups in total. The molecule has 1 atom stereocenters. The zero-order chi connectivity index (χ0) is 18.7. The molecule has 1 aromatic heterocycles. The first-order chi connectivity index (χ1) is 11.6. The number of alkyl carbamates (subject to hydrolysis) is 1. The molecule has 1 unspecified atom stereocenters. The van der Waals surface area contributed by atoms with Crippen molar-refractivity contribution in [3.05, 3.63) is 47.6 Å². The summed E-state index contributed by atoms with van der Waals surface area (Å²) >= 11 is 0. The van der Waals surface area contributed by atoms with E-state index in [0.29, 0.717) is 12.0 Å². The fourth-order valence-corrected chi connectivity index (χ4v) is 2.64. The van der Waals surface area contributed by atoms with Crippen molar-refractivity contribution >= 4 is 11.9 Å². The van der Waals surface area contributed by atoms with Crippen LogP contribution >= 0.6 is 0 Å². The lowest BCUT2D eigenvalue weighted by atomic mass is 9.81. The van der Waals surface area contributed by atoms with Gasteiger partial charge < -0.3 is 19.2 Å². The summed E-state index contributed by atoms with van der Waals surface area (Å²) in [5.41, 5.74) is -0.0970. The van der Waals surface area contributed by atoms with E-state index in [2.05, 4.69) is 5.32 Å². The summed E-state index contributed by atoms with van der Waals surface area (Å²) < 4.78 is 15.7. The van der Waals surface area contributed by atoms with Crippen LogP contribution in [0.5, 0.6) is 0 Å². The highest BCUT2D eigenvalue weighted by molar-refractivity contribution is 5.97. The van der Waals surface area contributed by atoms with Crippen LogP contribution in [0.15, 0.2) is 46.5 Å². The highest BCUT2D eigenvalue weighted by atomic mass is 16.6. The van der Waals surface area contributed by atoms with Gasteiger partial charge in [-0.05, 0) is 45.4 Å². The molecule has 1 heterocycles. The minimum absolute atomic E-state index is 0.0773. The molecule has 1 aromatic rings. The van der Waals surface area contributed by atoms with E-state index in [9.17, 15) is 9.59 Å². The minimum Gasteiger partial charge on any atom is -0.501 e.